The predicted octanol–water partition coefficient (Wildman–Crippen LogP) is 4.15. The Balaban J connectivity index is 2.01. The van der Waals surface area contributed by atoms with Gasteiger partial charge in [-0.3, -0.25) is 0 Å². The normalized spacial score (nSPS) is 26.6. The topological polar surface area (TPSA) is 29.5 Å². The molecule has 1 saturated heterocycles. The molecule has 1 unspecified atom stereocenters. The molecule has 1 heterocycles. The fourth-order valence-electron chi connectivity index (χ4n) is 3.14. The lowest BCUT2D eigenvalue weighted by molar-refractivity contribution is -0.0177. The molecule has 3 atom stereocenters. The van der Waals surface area contributed by atoms with E-state index in [9.17, 15) is 4.79 Å². The fourth-order valence-corrected chi connectivity index (χ4v) is 3.27. The Morgan fingerprint density at radius 3 is 2.19 bits per heavy atom. The second-order valence-electron chi connectivity index (χ2n) is 5.80. The smallest absolute Gasteiger partial charge is 0.338 e. The number of piperidine rings is 1. The number of hydrogen-bond donors (Lipinski definition) is 0. The Morgan fingerprint density at radius 2 is 1.71 bits per heavy atom. The molecule has 0 N–H and O–H groups in total. The highest BCUT2D eigenvalue weighted by Gasteiger charge is 2.33. The molecule has 0 bridgehead atoms. The van der Waals surface area contributed by atoms with Gasteiger partial charge in [-0.2, -0.15) is 0 Å². The van der Waals surface area contributed by atoms with Crippen LogP contribution < -0.4 is 0 Å². The summed E-state index contributed by atoms with van der Waals surface area (Å²) in [5, 5.41) is 0.628. The third kappa shape index (κ3) is 3.98. The van der Waals surface area contributed by atoms with E-state index < -0.39 is 0 Å². The zero-order valence-electron chi connectivity index (χ0n) is 13.0. The summed E-state index contributed by atoms with van der Waals surface area (Å²) in [4.78, 5) is 14.7. The summed E-state index contributed by atoms with van der Waals surface area (Å²) in [6.45, 7) is 4.38. The van der Waals surface area contributed by atoms with E-state index in [1.165, 1.54) is 0 Å². The van der Waals surface area contributed by atoms with Crippen LogP contribution in [0.15, 0.2) is 24.3 Å². The number of hydrogen-bond acceptors (Lipinski definition) is 3. The van der Waals surface area contributed by atoms with Crippen LogP contribution in [0.4, 0.5) is 0 Å². The van der Waals surface area contributed by atoms with Crippen molar-refractivity contribution < 1.29 is 9.53 Å². The van der Waals surface area contributed by atoms with Crippen molar-refractivity contribution in [3.8, 4) is 0 Å². The number of rotatable bonds is 4. The van der Waals surface area contributed by atoms with E-state index in [0.29, 0.717) is 22.7 Å². The Labute approximate surface area is 132 Å². The monoisotopic (exact) mass is 309 g/mol. The van der Waals surface area contributed by atoms with Crippen LogP contribution in [-0.4, -0.2) is 36.1 Å². The minimum absolute atomic E-state index is 0.0132. The highest BCUT2D eigenvalue weighted by molar-refractivity contribution is 6.30. The van der Waals surface area contributed by atoms with Crippen LogP contribution in [0.5, 0.6) is 0 Å². The van der Waals surface area contributed by atoms with Crippen LogP contribution >= 0.6 is 11.6 Å². The van der Waals surface area contributed by atoms with Gasteiger partial charge in [0.25, 0.3) is 0 Å². The van der Waals surface area contributed by atoms with E-state index in [-0.39, 0.29) is 12.1 Å². The first-order valence-corrected chi connectivity index (χ1v) is 8.11. The van der Waals surface area contributed by atoms with Crippen LogP contribution in [0.1, 0.15) is 49.9 Å². The van der Waals surface area contributed by atoms with Crippen LogP contribution in [0.3, 0.4) is 0 Å². The molecule has 0 radical (unpaired) electrons. The zero-order valence-corrected chi connectivity index (χ0v) is 13.8. The van der Waals surface area contributed by atoms with E-state index in [1.807, 2.05) is 0 Å². The van der Waals surface area contributed by atoms with Crippen molar-refractivity contribution >= 4 is 17.6 Å². The molecule has 1 aliphatic heterocycles. The van der Waals surface area contributed by atoms with E-state index in [2.05, 4.69) is 25.8 Å². The van der Waals surface area contributed by atoms with Crippen molar-refractivity contribution in [1.29, 1.82) is 0 Å². The maximum Gasteiger partial charge on any atom is 0.338 e. The van der Waals surface area contributed by atoms with Gasteiger partial charge >= 0.3 is 5.97 Å². The maximum atomic E-state index is 12.2. The van der Waals surface area contributed by atoms with Gasteiger partial charge in [0.15, 0.2) is 0 Å². The second kappa shape index (κ2) is 7.28. The average molecular weight is 310 g/mol. The first kappa shape index (κ1) is 16.3. The SMILES string of the molecule is CC[C@@H]1CC(OC(=O)c2ccc(Cl)cc2)C[C@H](CC)N1C. The molecule has 0 aliphatic carbocycles. The molecule has 0 amide bonds. The van der Waals surface area contributed by atoms with Gasteiger partial charge in [0.05, 0.1) is 5.56 Å². The largest absolute Gasteiger partial charge is 0.459 e. The van der Waals surface area contributed by atoms with Crippen molar-refractivity contribution in [3.05, 3.63) is 34.9 Å². The lowest BCUT2D eigenvalue weighted by Crippen LogP contribution is -2.49. The summed E-state index contributed by atoms with van der Waals surface area (Å²) in [5.41, 5.74) is 0.569. The first-order valence-electron chi connectivity index (χ1n) is 7.73. The molecule has 2 rings (SSSR count). The number of carbonyl (C=O) groups excluding carboxylic acids is 1. The third-order valence-corrected chi connectivity index (χ3v) is 4.77. The van der Waals surface area contributed by atoms with Gasteiger partial charge in [-0.25, -0.2) is 4.79 Å². The lowest BCUT2D eigenvalue weighted by Gasteiger charge is -2.42. The molecule has 1 aromatic rings. The van der Waals surface area contributed by atoms with Crippen molar-refractivity contribution in [2.75, 3.05) is 7.05 Å². The molecule has 21 heavy (non-hydrogen) atoms. The molecular weight excluding hydrogens is 286 g/mol. The Bertz CT molecular complexity index is 460. The molecule has 4 heteroatoms. The van der Waals surface area contributed by atoms with Crippen molar-refractivity contribution in [2.45, 2.75) is 57.7 Å². The number of esters is 1. The molecule has 1 fully saturated rings. The summed E-state index contributed by atoms with van der Waals surface area (Å²) in [6.07, 6.45) is 4.02. The number of carbonyl (C=O) groups is 1. The van der Waals surface area contributed by atoms with Gasteiger partial charge < -0.3 is 9.64 Å². The minimum atomic E-state index is -0.245. The van der Waals surface area contributed by atoms with Crippen LogP contribution in [0.2, 0.25) is 5.02 Å². The summed E-state index contributed by atoms with van der Waals surface area (Å²) in [6, 6.07) is 7.86. The van der Waals surface area contributed by atoms with E-state index >= 15 is 0 Å². The molecule has 0 spiro atoms. The summed E-state index contributed by atoms with van der Waals surface area (Å²) >= 11 is 5.84. The summed E-state index contributed by atoms with van der Waals surface area (Å²) in [5.74, 6) is -0.245. The van der Waals surface area contributed by atoms with Gasteiger partial charge in [-0.05, 0) is 57.0 Å². The fraction of sp³-hybridized carbons (Fsp3) is 0.588. The standard InChI is InChI=1S/C17H24ClNO2/c1-4-14-10-16(11-15(5-2)19(14)3)21-17(20)12-6-8-13(18)9-7-12/h6-9,14-16H,4-5,10-11H2,1-3H3/t14-,15+,16?. The number of benzene rings is 1. The van der Waals surface area contributed by atoms with Crippen LogP contribution in [0.25, 0.3) is 0 Å². The van der Waals surface area contributed by atoms with Gasteiger partial charge in [0, 0.05) is 17.1 Å². The highest BCUT2D eigenvalue weighted by Crippen LogP contribution is 2.28. The second-order valence-corrected chi connectivity index (χ2v) is 6.23. The Hall–Kier alpha value is -1.06. The predicted molar refractivity (Wildman–Crippen MR) is 85.8 cm³/mol. The third-order valence-electron chi connectivity index (χ3n) is 4.52. The van der Waals surface area contributed by atoms with E-state index in [1.54, 1.807) is 24.3 Å². The first-order chi connectivity index (χ1) is 10.0. The van der Waals surface area contributed by atoms with Gasteiger partial charge in [-0.15, -0.1) is 0 Å². The summed E-state index contributed by atoms with van der Waals surface area (Å²) in [7, 11) is 2.18. The highest BCUT2D eigenvalue weighted by atomic mass is 35.5. The minimum Gasteiger partial charge on any atom is -0.459 e. The zero-order chi connectivity index (χ0) is 15.4. The molecule has 1 aromatic carbocycles. The molecule has 116 valence electrons. The van der Waals surface area contributed by atoms with Crippen molar-refractivity contribution in [1.82, 2.24) is 4.90 Å². The lowest BCUT2D eigenvalue weighted by atomic mass is 9.91. The Kier molecular flexibility index (Phi) is 5.65. The number of nitrogens with zero attached hydrogens (tertiary/aromatic N) is 1. The number of likely N-dealkylation sites (tertiary alicyclic amines) is 1. The maximum absolute atomic E-state index is 12.2. The van der Waals surface area contributed by atoms with E-state index in [0.717, 1.165) is 25.7 Å². The summed E-state index contributed by atoms with van der Waals surface area (Å²) < 4.78 is 5.72. The number of halogens is 1. The molecule has 3 nitrogen and oxygen atoms in total. The average Bonchev–Trinajstić information content (AvgIpc) is 2.49. The van der Waals surface area contributed by atoms with Crippen molar-refractivity contribution in [2.24, 2.45) is 0 Å². The van der Waals surface area contributed by atoms with Crippen LogP contribution in [-0.2, 0) is 4.74 Å². The van der Waals surface area contributed by atoms with Gasteiger partial charge in [-0.1, -0.05) is 25.4 Å². The number of ether oxygens (including phenoxy) is 1. The molecule has 1 aliphatic rings. The quantitative estimate of drug-likeness (QED) is 0.783. The van der Waals surface area contributed by atoms with E-state index in [4.69, 9.17) is 16.3 Å². The van der Waals surface area contributed by atoms with Gasteiger partial charge in [0.2, 0.25) is 0 Å². The molecular formula is C17H24ClNO2. The molecule has 0 aromatic heterocycles. The van der Waals surface area contributed by atoms with Crippen molar-refractivity contribution in [3.63, 3.8) is 0 Å². The van der Waals surface area contributed by atoms with Crippen LogP contribution in [0, 0.1) is 0 Å². The van der Waals surface area contributed by atoms with Gasteiger partial charge in [0.1, 0.15) is 6.10 Å². The molecule has 0 saturated carbocycles. The Morgan fingerprint density at radius 1 is 1.19 bits per heavy atom.